The van der Waals surface area contributed by atoms with Gasteiger partial charge in [-0.15, -0.1) is 0 Å². The minimum atomic E-state index is -0.540. The Morgan fingerprint density at radius 2 is 2.14 bits per heavy atom. The molecule has 1 N–H and O–H groups in total. The van der Waals surface area contributed by atoms with Crippen molar-refractivity contribution in [3.8, 4) is 0 Å². The Morgan fingerprint density at radius 1 is 1.33 bits per heavy atom. The quantitative estimate of drug-likeness (QED) is 0.867. The van der Waals surface area contributed by atoms with Gasteiger partial charge in [0, 0.05) is 22.9 Å². The van der Waals surface area contributed by atoms with Gasteiger partial charge in [-0.1, -0.05) is 18.2 Å². The molecule has 0 saturated carbocycles. The van der Waals surface area contributed by atoms with E-state index in [1.165, 1.54) is 0 Å². The maximum Gasteiger partial charge on any atom is 0.355 e. The van der Waals surface area contributed by atoms with Crippen molar-refractivity contribution in [2.75, 3.05) is 18.1 Å². The molecule has 2 heterocycles. The first-order valence-corrected chi connectivity index (χ1v) is 7.34. The van der Waals surface area contributed by atoms with Gasteiger partial charge in [0.2, 0.25) is 0 Å². The van der Waals surface area contributed by atoms with Crippen LogP contribution in [0.25, 0.3) is 0 Å². The summed E-state index contributed by atoms with van der Waals surface area (Å²) in [5, 5.41) is 0. The molecule has 1 amide bonds. The number of hydrogen-bond donors (Lipinski definition) is 1. The number of aromatic nitrogens is 1. The number of rotatable bonds is 3. The summed E-state index contributed by atoms with van der Waals surface area (Å²) in [6.07, 6.45) is 2.47. The van der Waals surface area contributed by atoms with Crippen LogP contribution >= 0.6 is 15.9 Å². The minimum absolute atomic E-state index is 0.209. The number of esters is 1. The summed E-state index contributed by atoms with van der Waals surface area (Å²) in [6, 6.07) is 9.37. The molecule has 5 nitrogen and oxygen atoms in total. The predicted molar refractivity (Wildman–Crippen MR) is 81.3 cm³/mol. The van der Waals surface area contributed by atoms with E-state index < -0.39 is 5.97 Å². The van der Waals surface area contributed by atoms with Gasteiger partial charge in [-0.25, -0.2) is 4.79 Å². The number of anilines is 1. The summed E-state index contributed by atoms with van der Waals surface area (Å²) in [4.78, 5) is 28.4. The summed E-state index contributed by atoms with van der Waals surface area (Å²) in [5.41, 5.74) is 2.36. The number of aromatic amines is 1. The molecule has 0 saturated heterocycles. The van der Waals surface area contributed by atoms with E-state index >= 15 is 0 Å². The Kier molecular flexibility index (Phi) is 3.79. The minimum Gasteiger partial charge on any atom is -0.451 e. The van der Waals surface area contributed by atoms with Crippen LogP contribution in [-0.2, 0) is 16.0 Å². The molecule has 108 valence electrons. The average Bonchev–Trinajstić information content (AvgIpc) is 3.10. The molecule has 1 aliphatic rings. The van der Waals surface area contributed by atoms with Crippen LogP contribution in [0.5, 0.6) is 0 Å². The summed E-state index contributed by atoms with van der Waals surface area (Å²) < 4.78 is 5.81. The van der Waals surface area contributed by atoms with E-state index in [0.29, 0.717) is 12.2 Å². The lowest BCUT2D eigenvalue weighted by atomic mass is 10.2. The Hall–Kier alpha value is -2.08. The zero-order valence-electron chi connectivity index (χ0n) is 11.1. The van der Waals surface area contributed by atoms with Gasteiger partial charge in [0.1, 0.15) is 5.69 Å². The second-order valence-electron chi connectivity index (χ2n) is 4.73. The highest BCUT2D eigenvalue weighted by molar-refractivity contribution is 9.10. The van der Waals surface area contributed by atoms with Gasteiger partial charge < -0.3 is 14.6 Å². The highest BCUT2D eigenvalue weighted by atomic mass is 79.9. The third kappa shape index (κ3) is 2.85. The largest absolute Gasteiger partial charge is 0.451 e. The van der Waals surface area contributed by atoms with Gasteiger partial charge in [0.05, 0.1) is 0 Å². The number of fused-ring (bicyclic) bond motifs is 1. The molecule has 1 aromatic carbocycles. The SMILES string of the molecule is O=C(OCC(=O)N1CCc2ccccc21)c1cc(Br)c[nH]1. The number of carbonyl (C=O) groups excluding carboxylic acids is 2. The van der Waals surface area contributed by atoms with Gasteiger partial charge in [0.25, 0.3) is 5.91 Å². The number of H-pyrrole nitrogens is 1. The fourth-order valence-corrected chi connectivity index (χ4v) is 2.71. The Labute approximate surface area is 130 Å². The summed E-state index contributed by atoms with van der Waals surface area (Å²) in [6.45, 7) is 0.369. The van der Waals surface area contributed by atoms with Gasteiger partial charge >= 0.3 is 5.97 Å². The topological polar surface area (TPSA) is 62.4 Å². The maximum absolute atomic E-state index is 12.2. The molecule has 0 atom stereocenters. The third-order valence-electron chi connectivity index (χ3n) is 3.38. The number of hydrogen-bond acceptors (Lipinski definition) is 3. The molecule has 1 aromatic heterocycles. The summed E-state index contributed by atoms with van der Waals surface area (Å²) in [5.74, 6) is -0.750. The second kappa shape index (κ2) is 5.73. The number of benzene rings is 1. The first-order valence-electron chi connectivity index (χ1n) is 6.54. The maximum atomic E-state index is 12.2. The van der Waals surface area contributed by atoms with Crippen LogP contribution in [-0.4, -0.2) is 30.0 Å². The number of ether oxygens (including phenoxy) is 1. The lowest BCUT2D eigenvalue weighted by molar-refractivity contribution is -0.121. The van der Waals surface area contributed by atoms with Crippen molar-refractivity contribution in [2.45, 2.75) is 6.42 Å². The van der Waals surface area contributed by atoms with Gasteiger partial charge in [0.15, 0.2) is 6.61 Å². The number of halogens is 1. The van der Waals surface area contributed by atoms with Crippen molar-refractivity contribution >= 4 is 33.5 Å². The van der Waals surface area contributed by atoms with E-state index in [-0.39, 0.29) is 12.5 Å². The molecule has 1 aliphatic heterocycles. The average molecular weight is 349 g/mol. The van der Waals surface area contributed by atoms with Crippen LogP contribution in [0.4, 0.5) is 5.69 Å². The van der Waals surface area contributed by atoms with Crippen molar-refractivity contribution in [3.63, 3.8) is 0 Å². The fourth-order valence-electron chi connectivity index (χ4n) is 2.37. The van der Waals surface area contributed by atoms with Gasteiger partial charge in [-0.2, -0.15) is 0 Å². The van der Waals surface area contributed by atoms with Crippen LogP contribution in [0, 0.1) is 0 Å². The Morgan fingerprint density at radius 3 is 2.90 bits per heavy atom. The zero-order chi connectivity index (χ0) is 14.8. The van der Waals surface area contributed by atoms with E-state index in [9.17, 15) is 9.59 Å². The number of para-hydroxylation sites is 1. The molecule has 0 fully saturated rings. The normalized spacial score (nSPS) is 13.1. The molecule has 0 aliphatic carbocycles. The molecule has 0 unspecified atom stereocenters. The van der Waals surface area contributed by atoms with Crippen LogP contribution in [0.3, 0.4) is 0 Å². The van der Waals surface area contributed by atoms with E-state index in [0.717, 1.165) is 22.1 Å². The van der Waals surface area contributed by atoms with Crippen molar-refractivity contribution in [3.05, 3.63) is 52.3 Å². The Balaban J connectivity index is 1.62. The first-order chi connectivity index (χ1) is 10.1. The lowest BCUT2D eigenvalue weighted by Gasteiger charge is -2.16. The van der Waals surface area contributed by atoms with Crippen molar-refractivity contribution in [2.24, 2.45) is 0 Å². The summed E-state index contributed by atoms with van der Waals surface area (Å²) in [7, 11) is 0. The van der Waals surface area contributed by atoms with Gasteiger partial charge in [-0.3, -0.25) is 4.79 Å². The van der Waals surface area contributed by atoms with Crippen molar-refractivity contribution < 1.29 is 14.3 Å². The van der Waals surface area contributed by atoms with E-state index in [2.05, 4.69) is 20.9 Å². The first kappa shape index (κ1) is 13.9. The second-order valence-corrected chi connectivity index (χ2v) is 5.65. The molecule has 0 spiro atoms. The Bertz CT molecular complexity index is 696. The number of carbonyl (C=O) groups is 2. The van der Waals surface area contributed by atoms with Crippen LogP contribution in [0.15, 0.2) is 41.0 Å². The standard InChI is InChI=1S/C15H13BrN2O3/c16-11-7-12(17-8-11)15(20)21-9-14(19)18-6-5-10-3-1-2-4-13(10)18/h1-4,7-8,17H,5-6,9H2. The molecule has 0 bridgehead atoms. The molecular weight excluding hydrogens is 336 g/mol. The highest BCUT2D eigenvalue weighted by Gasteiger charge is 2.25. The van der Waals surface area contributed by atoms with Crippen LogP contribution in [0.2, 0.25) is 0 Å². The predicted octanol–water partition coefficient (Wildman–Crippen LogP) is 2.52. The molecule has 2 aromatic rings. The lowest BCUT2D eigenvalue weighted by Crippen LogP contribution is -2.33. The summed E-state index contributed by atoms with van der Waals surface area (Å²) >= 11 is 3.24. The van der Waals surface area contributed by atoms with E-state index in [1.807, 2.05) is 24.3 Å². The van der Waals surface area contributed by atoms with Crippen molar-refractivity contribution in [1.29, 1.82) is 0 Å². The number of amides is 1. The molecule has 21 heavy (non-hydrogen) atoms. The molecule has 0 radical (unpaired) electrons. The van der Waals surface area contributed by atoms with E-state index in [1.54, 1.807) is 17.2 Å². The number of nitrogens with zero attached hydrogens (tertiary/aromatic N) is 1. The molecule has 3 rings (SSSR count). The zero-order valence-corrected chi connectivity index (χ0v) is 12.7. The van der Waals surface area contributed by atoms with Crippen LogP contribution < -0.4 is 4.90 Å². The monoisotopic (exact) mass is 348 g/mol. The number of nitrogens with one attached hydrogen (secondary N) is 1. The van der Waals surface area contributed by atoms with E-state index in [4.69, 9.17) is 4.74 Å². The van der Waals surface area contributed by atoms with Gasteiger partial charge in [-0.05, 0) is 40.0 Å². The highest BCUT2D eigenvalue weighted by Crippen LogP contribution is 2.27. The fraction of sp³-hybridized carbons (Fsp3) is 0.200. The third-order valence-corrected chi connectivity index (χ3v) is 3.84. The smallest absolute Gasteiger partial charge is 0.355 e. The molecular formula is C15H13BrN2O3. The van der Waals surface area contributed by atoms with Crippen molar-refractivity contribution in [1.82, 2.24) is 4.98 Å². The molecule has 6 heteroatoms. The van der Waals surface area contributed by atoms with Crippen LogP contribution in [0.1, 0.15) is 16.1 Å².